The number of hydrogen-bond acceptors (Lipinski definition) is 5. The molecular weight excluding hydrogens is 342 g/mol. The van der Waals surface area contributed by atoms with E-state index >= 15 is 0 Å². The first kappa shape index (κ1) is 17.9. The van der Waals surface area contributed by atoms with Crippen molar-refractivity contribution in [3.8, 4) is 0 Å². The van der Waals surface area contributed by atoms with Crippen LogP contribution < -0.4 is 4.72 Å². The van der Waals surface area contributed by atoms with Crippen LogP contribution in [-0.4, -0.2) is 33.0 Å². The summed E-state index contributed by atoms with van der Waals surface area (Å²) in [7, 11) is -3.35. The highest BCUT2D eigenvalue weighted by atomic mass is 32.2. The van der Waals surface area contributed by atoms with E-state index in [9.17, 15) is 18.0 Å². The molecular formula is C18H23NO5S. The van der Waals surface area contributed by atoms with Crippen molar-refractivity contribution in [2.75, 3.05) is 17.6 Å². The van der Waals surface area contributed by atoms with Gasteiger partial charge in [-0.15, -0.1) is 0 Å². The van der Waals surface area contributed by atoms with E-state index in [1.165, 1.54) is 43.5 Å². The molecule has 0 aromatic heterocycles. The number of nitrogens with one attached hydrogen (secondary N) is 1. The van der Waals surface area contributed by atoms with Crippen molar-refractivity contribution >= 4 is 27.5 Å². The second-order valence-electron chi connectivity index (χ2n) is 7.17. The van der Waals surface area contributed by atoms with Gasteiger partial charge in [-0.1, -0.05) is 6.42 Å². The molecule has 3 atom stereocenters. The van der Waals surface area contributed by atoms with Crippen molar-refractivity contribution in [3.05, 3.63) is 29.8 Å². The molecule has 2 saturated carbocycles. The average molecular weight is 365 g/mol. The molecule has 2 aliphatic carbocycles. The number of Topliss-reactive ketones (excluding diaryl/α,β-unsaturated/α-hetero) is 1. The summed E-state index contributed by atoms with van der Waals surface area (Å²) < 4.78 is 29.8. The van der Waals surface area contributed by atoms with Gasteiger partial charge in [0.15, 0.2) is 12.4 Å². The summed E-state index contributed by atoms with van der Waals surface area (Å²) in [6.45, 7) is -0.279. The van der Waals surface area contributed by atoms with Crippen molar-refractivity contribution in [3.63, 3.8) is 0 Å². The predicted octanol–water partition coefficient (Wildman–Crippen LogP) is 2.61. The lowest BCUT2D eigenvalue weighted by Crippen LogP contribution is -2.19. The van der Waals surface area contributed by atoms with Gasteiger partial charge in [0.05, 0.1) is 6.26 Å². The maximum atomic E-state index is 12.1. The largest absolute Gasteiger partial charge is 0.457 e. The maximum Gasteiger partial charge on any atom is 0.306 e. The van der Waals surface area contributed by atoms with Crippen LogP contribution in [0.2, 0.25) is 0 Å². The van der Waals surface area contributed by atoms with Gasteiger partial charge in [0, 0.05) is 17.7 Å². The van der Waals surface area contributed by atoms with Gasteiger partial charge in [-0.3, -0.25) is 14.3 Å². The highest BCUT2D eigenvalue weighted by Gasteiger charge is 2.40. The Bertz CT molecular complexity index is 756. The fraction of sp³-hybridized carbons (Fsp3) is 0.556. The topological polar surface area (TPSA) is 89.5 Å². The number of fused-ring (bicyclic) bond motifs is 2. The van der Waals surface area contributed by atoms with Crippen LogP contribution in [-0.2, 0) is 19.6 Å². The minimum absolute atomic E-state index is 0.279. The number of benzene rings is 1. The van der Waals surface area contributed by atoms with Crippen LogP contribution in [0.15, 0.2) is 24.3 Å². The number of carbonyl (C=O) groups excluding carboxylic acids is 2. The lowest BCUT2D eigenvalue weighted by atomic mass is 9.86. The molecule has 2 fully saturated rings. The van der Waals surface area contributed by atoms with Gasteiger partial charge >= 0.3 is 5.97 Å². The molecule has 2 aliphatic rings. The molecule has 1 aromatic carbocycles. The summed E-state index contributed by atoms with van der Waals surface area (Å²) in [5, 5.41) is 0. The zero-order chi connectivity index (χ0) is 18.0. The molecule has 1 aromatic rings. The lowest BCUT2D eigenvalue weighted by molar-refractivity contribution is -0.144. The van der Waals surface area contributed by atoms with Gasteiger partial charge in [0.2, 0.25) is 10.0 Å². The van der Waals surface area contributed by atoms with E-state index in [0.29, 0.717) is 29.5 Å². The Kier molecular flexibility index (Phi) is 5.13. The second kappa shape index (κ2) is 7.15. The van der Waals surface area contributed by atoms with Crippen LogP contribution in [0.5, 0.6) is 0 Å². The molecule has 0 saturated heterocycles. The summed E-state index contributed by atoms with van der Waals surface area (Å²) in [5.41, 5.74) is 0.763. The summed E-state index contributed by atoms with van der Waals surface area (Å²) in [5.74, 6) is 1.25. The Labute approximate surface area is 148 Å². The van der Waals surface area contributed by atoms with Crippen LogP contribution in [0.25, 0.3) is 0 Å². The zero-order valence-corrected chi connectivity index (χ0v) is 15.1. The van der Waals surface area contributed by atoms with Gasteiger partial charge in [-0.25, -0.2) is 8.42 Å². The molecule has 6 nitrogen and oxygen atoms in total. The number of carbonyl (C=O) groups is 2. The number of sulfonamides is 1. The SMILES string of the molecule is CS(=O)(=O)Nc1ccc(C(=O)COC(=O)C[C@@H]2C[C@H]3CC[C@@H]2C3)cc1. The van der Waals surface area contributed by atoms with Crippen LogP contribution in [0.4, 0.5) is 5.69 Å². The standard InChI is InChI=1S/C18H23NO5S/c1-25(22,23)19-16-6-4-13(5-7-16)17(20)11-24-18(21)10-15-9-12-2-3-14(15)8-12/h4-7,12,14-15,19H,2-3,8-11H2,1H3/t12-,14+,15-/m0/s1. The molecule has 2 bridgehead atoms. The lowest BCUT2D eigenvalue weighted by Gasteiger charge is -2.20. The van der Waals surface area contributed by atoms with E-state index in [1.807, 2.05) is 0 Å². The van der Waals surface area contributed by atoms with E-state index in [-0.39, 0.29) is 18.4 Å². The first-order valence-electron chi connectivity index (χ1n) is 8.57. The average Bonchev–Trinajstić information content (AvgIpc) is 3.14. The van der Waals surface area contributed by atoms with Gasteiger partial charge in [-0.05, 0) is 61.3 Å². The van der Waals surface area contributed by atoms with Gasteiger partial charge in [0.25, 0.3) is 0 Å². The highest BCUT2D eigenvalue weighted by molar-refractivity contribution is 7.92. The second-order valence-corrected chi connectivity index (χ2v) is 8.92. The fourth-order valence-electron chi connectivity index (χ4n) is 4.07. The van der Waals surface area contributed by atoms with Crippen molar-refractivity contribution in [2.24, 2.45) is 17.8 Å². The van der Waals surface area contributed by atoms with E-state index < -0.39 is 10.0 Å². The quantitative estimate of drug-likeness (QED) is 0.592. The molecule has 0 spiro atoms. The number of ether oxygens (including phenoxy) is 1. The number of ketones is 1. The maximum absolute atomic E-state index is 12.1. The molecule has 0 heterocycles. The van der Waals surface area contributed by atoms with Gasteiger partial charge in [0.1, 0.15) is 0 Å². The monoisotopic (exact) mass is 365 g/mol. The van der Waals surface area contributed by atoms with Crippen LogP contribution >= 0.6 is 0 Å². The minimum Gasteiger partial charge on any atom is -0.457 e. The van der Waals surface area contributed by atoms with Gasteiger partial charge in [-0.2, -0.15) is 0 Å². The first-order valence-corrected chi connectivity index (χ1v) is 10.5. The van der Waals surface area contributed by atoms with E-state index in [2.05, 4.69) is 4.72 Å². The summed E-state index contributed by atoms with van der Waals surface area (Å²) >= 11 is 0. The van der Waals surface area contributed by atoms with Gasteiger partial charge < -0.3 is 4.74 Å². The third-order valence-electron chi connectivity index (χ3n) is 5.19. The molecule has 0 radical (unpaired) electrons. The predicted molar refractivity (Wildman–Crippen MR) is 93.8 cm³/mol. The van der Waals surface area contributed by atoms with Crippen molar-refractivity contribution in [2.45, 2.75) is 32.1 Å². The fourth-order valence-corrected chi connectivity index (χ4v) is 4.63. The molecule has 7 heteroatoms. The normalized spacial score (nSPS) is 24.9. The number of anilines is 1. The zero-order valence-electron chi connectivity index (χ0n) is 14.2. The Balaban J connectivity index is 1.46. The Hall–Kier alpha value is -1.89. The third kappa shape index (κ3) is 4.81. The summed E-state index contributed by atoms with van der Waals surface area (Å²) in [4.78, 5) is 24.1. The molecule has 25 heavy (non-hydrogen) atoms. The van der Waals surface area contributed by atoms with Crippen LogP contribution in [0.1, 0.15) is 42.5 Å². The number of esters is 1. The highest BCUT2D eigenvalue weighted by Crippen LogP contribution is 2.49. The molecule has 136 valence electrons. The van der Waals surface area contributed by atoms with Crippen LogP contribution in [0.3, 0.4) is 0 Å². The third-order valence-corrected chi connectivity index (χ3v) is 5.79. The number of hydrogen-bond donors (Lipinski definition) is 1. The summed E-state index contributed by atoms with van der Waals surface area (Å²) in [6, 6.07) is 6.04. The van der Waals surface area contributed by atoms with Crippen molar-refractivity contribution in [1.29, 1.82) is 0 Å². The Morgan fingerprint density at radius 3 is 2.44 bits per heavy atom. The smallest absolute Gasteiger partial charge is 0.306 e. The molecule has 0 amide bonds. The molecule has 3 rings (SSSR count). The molecule has 0 unspecified atom stereocenters. The first-order chi connectivity index (χ1) is 11.8. The molecule has 0 aliphatic heterocycles. The Morgan fingerprint density at radius 1 is 1.16 bits per heavy atom. The summed E-state index contributed by atoms with van der Waals surface area (Å²) in [6.07, 6.45) is 6.33. The van der Waals surface area contributed by atoms with Crippen LogP contribution in [0, 0.1) is 17.8 Å². The minimum atomic E-state index is -3.35. The van der Waals surface area contributed by atoms with E-state index in [0.717, 1.165) is 18.6 Å². The van der Waals surface area contributed by atoms with Crippen molar-refractivity contribution in [1.82, 2.24) is 0 Å². The van der Waals surface area contributed by atoms with E-state index in [4.69, 9.17) is 4.74 Å². The van der Waals surface area contributed by atoms with E-state index in [1.54, 1.807) is 0 Å². The Morgan fingerprint density at radius 2 is 1.88 bits per heavy atom. The number of rotatable bonds is 7. The molecule has 1 N–H and O–H groups in total. The van der Waals surface area contributed by atoms with Crippen molar-refractivity contribution < 1.29 is 22.7 Å².